The van der Waals surface area contributed by atoms with Gasteiger partial charge in [-0.15, -0.1) is 0 Å². The average Bonchev–Trinajstić information content (AvgIpc) is 2.94. The third-order valence-corrected chi connectivity index (χ3v) is 8.78. The van der Waals surface area contributed by atoms with E-state index >= 15 is 0 Å². The second kappa shape index (κ2) is 35.6. The molecular weight excluding hydrogens is 470 g/mol. The van der Waals surface area contributed by atoms with E-state index in [4.69, 9.17) is 5.73 Å². The maximum atomic E-state index is 6.26. The number of rotatable bonds is 34. The molecule has 39 heavy (non-hydrogen) atoms. The molecule has 0 unspecified atom stereocenters. The molecule has 0 heterocycles. The normalized spacial score (nSPS) is 12.0. The summed E-state index contributed by atoms with van der Waals surface area (Å²) >= 11 is 0. The Hall–Kier alpha value is -0.460. The van der Waals surface area contributed by atoms with E-state index in [1.807, 2.05) is 0 Å². The van der Waals surface area contributed by atoms with Gasteiger partial charge in [0.05, 0.1) is 0 Å². The first kappa shape index (κ1) is 38.5. The monoisotopic (exact) mass is 548 g/mol. The molecule has 0 aliphatic carbocycles. The van der Waals surface area contributed by atoms with Gasteiger partial charge in [0.2, 0.25) is 0 Å². The maximum absolute atomic E-state index is 6.26. The van der Waals surface area contributed by atoms with E-state index in [-0.39, 0.29) is 0 Å². The molecule has 0 fully saturated rings. The third kappa shape index (κ3) is 35.5. The predicted octanol–water partition coefficient (Wildman–Crippen LogP) is 14.1. The van der Waals surface area contributed by atoms with Crippen LogP contribution in [0, 0.1) is 0 Å². The first-order valence-electron chi connectivity index (χ1n) is 18.8. The summed E-state index contributed by atoms with van der Waals surface area (Å²) in [6.07, 6.45) is 50.6. The number of hydrogen-bond acceptors (Lipinski definition) is 1. The van der Waals surface area contributed by atoms with Crippen molar-refractivity contribution in [1.82, 2.24) is 0 Å². The molecule has 0 spiro atoms. The van der Waals surface area contributed by atoms with E-state index in [0.29, 0.717) is 0 Å². The van der Waals surface area contributed by atoms with E-state index in [1.165, 1.54) is 212 Å². The van der Waals surface area contributed by atoms with Crippen molar-refractivity contribution in [2.24, 2.45) is 5.73 Å². The summed E-state index contributed by atoms with van der Waals surface area (Å²) in [5.41, 5.74) is 7.42. The minimum Gasteiger partial charge on any atom is -0.402 e. The number of allylic oxidation sites excluding steroid dienone is 2. The standard InChI is InChI=1S/C38H77N/c1-3-5-7-9-11-13-15-17-19-21-23-25-27-29-31-33-35-37-38(39)36-34-32-30-28-26-24-22-20-18-16-14-12-10-8-6-4-2/h37H,3-36,39H2,1-2H3. The Labute approximate surface area is 249 Å². The Bertz CT molecular complexity index is 454. The van der Waals surface area contributed by atoms with Crippen LogP contribution in [0.2, 0.25) is 0 Å². The fourth-order valence-electron chi connectivity index (χ4n) is 5.96. The van der Waals surface area contributed by atoms with E-state index < -0.39 is 0 Å². The Morgan fingerprint density at radius 2 is 0.564 bits per heavy atom. The molecule has 0 aliphatic rings. The van der Waals surface area contributed by atoms with Crippen molar-refractivity contribution in [2.45, 2.75) is 232 Å². The minimum atomic E-state index is 1.12. The fraction of sp³-hybridized carbons (Fsp3) is 0.947. The Balaban J connectivity index is 3.20. The Morgan fingerprint density at radius 1 is 0.333 bits per heavy atom. The highest BCUT2D eigenvalue weighted by atomic mass is 14.6. The van der Waals surface area contributed by atoms with Crippen LogP contribution in [-0.4, -0.2) is 0 Å². The molecule has 0 radical (unpaired) electrons. The first-order valence-corrected chi connectivity index (χ1v) is 18.8. The maximum Gasteiger partial charge on any atom is 0.00399 e. The van der Waals surface area contributed by atoms with Crippen LogP contribution in [0.1, 0.15) is 232 Å². The second-order valence-corrected chi connectivity index (χ2v) is 12.9. The SMILES string of the molecule is CCCCCCCCCCCCCCCCCCC=C(N)CCCCCCCCCCCCCCCCCC. The van der Waals surface area contributed by atoms with Gasteiger partial charge >= 0.3 is 0 Å². The fourth-order valence-corrected chi connectivity index (χ4v) is 5.96. The molecular formula is C38H77N. The summed E-state index contributed by atoms with van der Waals surface area (Å²) in [6, 6.07) is 0. The van der Waals surface area contributed by atoms with Gasteiger partial charge in [-0.2, -0.15) is 0 Å². The van der Waals surface area contributed by atoms with Crippen molar-refractivity contribution in [3.05, 3.63) is 11.8 Å². The second-order valence-electron chi connectivity index (χ2n) is 12.9. The van der Waals surface area contributed by atoms with Gasteiger partial charge < -0.3 is 5.73 Å². The lowest BCUT2D eigenvalue weighted by molar-refractivity contribution is 0.528. The summed E-state index contributed by atoms with van der Waals surface area (Å²) in [4.78, 5) is 0. The summed E-state index contributed by atoms with van der Waals surface area (Å²) in [6.45, 7) is 4.61. The van der Waals surface area contributed by atoms with Crippen LogP contribution in [0.25, 0.3) is 0 Å². The Kier molecular flexibility index (Phi) is 35.1. The van der Waals surface area contributed by atoms with Gasteiger partial charge in [-0.25, -0.2) is 0 Å². The zero-order valence-corrected chi connectivity index (χ0v) is 27.7. The van der Waals surface area contributed by atoms with Crippen molar-refractivity contribution >= 4 is 0 Å². The molecule has 0 rings (SSSR count). The van der Waals surface area contributed by atoms with E-state index in [2.05, 4.69) is 19.9 Å². The van der Waals surface area contributed by atoms with Crippen molar-refractivity contribution in [3.63, 3.8) is 0 Å². The lowest BCUT2D eigenvalue weighted by atomic mass is 10.0. The highest BCUT2D eigenvalue weighted by Crippen LogP contribution is 2.16. The zero-order chi connectivity index (χ0) is 28.3. The highest BCUT2D eigenvalue weighted by molar-refractivity contribution is 4.95. The molecule has 0 amide bonds. The lowest BCUT2D eigenvalue weighted by Crippen LogP contribution is -1.97. The number of hydrogen-bond donors (Lipinski definition) is 1. The van der Waals surface area contributed by atoms with Gasteiger partial charge in [-0.1, -0.05) is 213 Å². The smallest absolute Gasteiger partial charge is 0.00399 e. The molecule has 0 saturated carbocycles. The van der Waals surface area contributed by atoms with Gasteiger partial charge in [0, 0.05) is 5.70 Å². The van der Waals surface area contributed by atoms with E-state index in [9.17, 15) is 0 Å². The van der Waals surface area contributed by atoms with Crippen LogP contribution in [0.3, 0.4) is 0 Å². The predicted molar refractivity (Wildman–Crippen MR) is 181 cm³/mol. The zero-order valence-electron chi connectivity index (χ0n) is 27.7. The largest absolute Gasteiger partial charge is 0.402 e. The Morgan fingerprint density at radius 3 is 0.846 bits per heavy atom. The quantitative estimate of drug-likeness (QED) is 0.0796. The van der Waals surface area contributed by atoms with E-state index in [1.54, 1.807) is 0 Å². The van der Waals surface area contributed by atoms with Gasteiger partial charge in [0.15, 0.2) is 0 Å². The van der Waals surface area contributed by atoms with Crippen molar-refractivity contribution in [2.75, 3.05) is 0 Å². The van der Waals surface area contributed by atoms with Gasteiger partial charge in [0.25, 0.3) is 0 Å². The van der Waals surface area contributed by atoms with Gasteiger partial charge in [-0.05, 0) is 25.7 Å². The van der Waals surface area contributed by atoms with Crippen LogP contribution in [0.15, 0.2) is 11.8 Å². The van der Waals surface area contributed by atoms with Crippen LogP contribution in [0.5, 0.6) is 0 Å². The number of nitrogens with two attached hydrogens (primary N) is 1. The van der Waals surface area contributed by atoms with E-state index in [0.717, 1.165) is 12.1 Å². The molecule has 1 nitrogen and oxygen atoms in total. The molecule has 0 aromatic carbocycles. The summed E-state index contributed by atoms with van der Waals surface area (Å²) in [7, 11) is 0. The van der Waals surface area contributed by atoms with Gasteiger partial charge in [0.1, 0.15) is 0 Å². The molecule has 234 valence electrons. The van der Waals surface area contributed by atoms with Crippen LogP contribution in [-0.2, 0) is 0 Å². The van der Waals surface area contributed by atoms with Crippen LogP contribution in [0.4, 0.5) is 0 Å². The van der Waals surface area contributed by atoms with Crippen molar-refractivity contribution in [3.8, 4) is 0 Å². The van der Waals surface area contributed by atoms with Crippen LogP contribution < -0.4 is 5.73 Å². The molecule has 0 aromatic rings. The lowest BCUT2D eigenvalue weighted by Gasteiger charge is -2.05. The first-order chi connectivity index (χ1) is 19.3. The summed E-state index contributed by atoms with van der Waals surface area (Å²) in [5.74, 6) is 0. The number of unbranched alkanes of at least 4 members (excludes halogenated alkanes) is 31. The molecule has 0 saturated heterocycles. The highest BCUT2D eigenvalue weighted by Gasteiger charge is 1.97. The average molecular weight is 548 g/mol. The van der Waals surface area contributed by atoms with Crippen LogP contribution >= 0.6 is 0 Å². The molecule has 0 atom stereocenters. The van der Waals surface area contributed by atoms with Crippen molar-refractivity contribution < 1.29 is 0 Å². The summed E-state index contributed by atoms with van der Waals surface area (Å²) in [5, 5.41) is 0. The van der Waals surface area contributed by atoms with Crippen molar-refractivity contribution in [1.29, 1.82) is 0 Å². The molecule has 0 aliphatic heterocycles. The molecule has 1 heteroatoms. The van der Waals surface area contributed by atoms with Gasteiger partial charge in [-0.3, -0.25) is 0 Å². The minimum absolute atomic E-state index is 1.12. The molecule has 0 bridgehead atoms. The topological polar surface area (TPSA) is 26.0 Å². The summed E-state index contributed by atoms with van der Waals surface area (Å²) < 4.78 is 0. The molecule has 2 N–H and O–H groups in total. The third-order valence-electron chi connectivity index (χ3n) is 8.78. The molecule has 0 aromatic heterocycles.